The summed E-state index contributed by atoms with van der Waals surface area (Å²) < 4.78 is 0. The molecular formula is C20H46. The number of unbranched alkanes of at least 4 members (excludes halogenated alkanes) is 2. The van der Waals surface area contributed by atoms with Gasteiger partial charge in [-0.25, -0.2) is 0 Å². The van der Waals surface area contributed by atoms with Gasteiger partial charge >= 0.3 is 0 Å². The highest BCUT2D eigenvalue weighted by Crippen LogP contribution is 2.30. The molecule has 0 rings (SSSR count). The van der Waals surface area contributed by atoms with Gasteiger partial charge < -0.3 is 0 Å². The van der Waals surface area contributed by atoms with Crippen LogP contribution in [0, 0.1) is 23.7 Å². The summed E-state index contributed by atoms with van der Waals surface area (Å²) in [5.74, 6) is 3.58. The van der Waals surface area contributed by atoms with E-state index in [0.717, 1.165) is 23.7 Å². The van der Waals surface area contributed by atoms with Gasteiger partial charge in [0.15, 0.2) is 0 Å². The summed E-state index contributed by atoms with van der Waals surface area (Å²) in [5, 5.41) is 0. The van der Waals surface area contributed by atoms with Crippen molar-refractivity contribution < 1.29 is 0 Å². The predicted molar refractivity (Wildman–Crippen MR) is 98.4 cm³/mol. The van der Waals surface area contributed by atoms with Gasteiger partial charge in [0.25, 0.3) is 0 Å². The highest BCUT2D eigenvalue weighted by Gasteiger charge is 2.19. The highest BCUT2D eigenvalue weighted by molar-refractivity contribution is 4.70. The van der Waals surface area contributed by atoms with E-state index in [1.165, 1.54) is 38.5 Å². The third kappa shape index (κ3) is 16.1. The van der Waals surface area contributed by atoms with E-state index in [2.05, 4.69) is 41.5 Å². The van der Waals surface area contributed by atoms with Crippen LogP contribution in [0.5, 0.6) is 0 Å². The van der Waals surface area contributed by atoms with Crippen LogP contribution in [-0.2, 0) is 0 Å². The van der Waals surface area contributed by atoms with Crippen LogP contribution < -0.4 is 0 Å². The van der Waals surface area contributed by atoms with E-state index in [-0.39, 0.29) is 0 Å². The topological polar surface area (TPSA) is 0 Å². The molecule has 126 valence electrons. The van der Waals surface area contributed by atoms with E-state index in [1.54, 1.807) is 0 Å². The molecule has 0 N–H and O–H groups in total. The molecule has 0 aliphatic rings. The fourth-order valence-corrected chi connectivity index (χ4v) is 2.42. The lowest BCUT2D eigenvalue weighted by Gasteiger charge is -2.27. The van der Waals surface area contributed by atoms with Crippen LogP contribution in [0.4, 0.5) is 0 Å². The molecule has 0 saturated carbocycles. The molecule has 2 unspecified atom stereocenters. The van der Waals surface area contributed by atoms with Crippen molar-refractivity contribution in [2.75, 3.05) is 0 Å². The lowest BCUT2D eigenvalue weighted by molar-refractivity contribution is 0.230. The van der Waals surface area contributed by atoms with Gasteiger partial charge in [0, 0.05) is 0 Å². The minimum atomic E-state index is 0.846. The maximum Gasteiger partial charge on any atom is -0.0386 e. The smallest absolute Gasteiger partial charge is 0.0386 e. The maximum atomic E-state index is 2.46. The van der Waals surface area contributed by atoms with Crippen LogP contribution >= 0.6 is 0 Å². The minimum absolute atomic E-state index is 0.846. The first-order valence-electron chi connectivity index (χ1n) is 9.49. The van der Waals surface area contributed by atoms with Gasteiger partial charge in [0.05, 0.1) is 0 Å². The Kier molecular flexibility index (Phi) is 23.7. The molecule has 20 heavy (non-hydrogen) atoms. The van der Waals surface area contributed by atoms with Crippen LogP contribution in [0.2, 0.25) is 0 Å². The summed E-state index contributed by atoms with van der Waals surface area (Å²) in [6, 6.07) is 0. The standard InChI is InChI=1S/C16H34.2C2H6/c1-7-8-9-10-16(12-11-13(2)3)15(6)14(4)5;2*1-2/h13-16H,7-12H2,1-6H3;2*1-2H3. The summed E-state index contributed by atoms with van der Waals surface area (Å²) in [7, 11) is 0. The lowest BCUT2D eigenvalue weighted by Crippen LogP contribution is -2.18. The Morgan fingerprint density at radius 1 is 0.650 bits per heavy atom. The number of hydrogen-bond donors (Lipinski definition) is 0. The molecule has 0 aliphatic heterocycles. The van der Waals surface area contributed by atoms with Crippen LogP contribution in [0.3, 0.4) is 0 Å². The van der Waals surface area contributed by atoms with Crippen molar-refractivity contribution in [1.29, 1.82) is 0 Å². The zero-order valence-corrected chi connectivity index (χ0v) is 16.6. The van der Waals surface area contributed by atoms with E-state index < -0.39 is 0 Å². The molecule has 0 amide bonds. The quantitative estimate of drug-likeness (QED) is 0.377. The molecule has 0 nitrogen and oxygen atoms in total. The molecule has 0 saturated heterocycles. The molecule has 0 spiro atoms. The van der Waals surface area contributed by atoms with Gasteiger partial charge in [-0.1, -0.05) is 101 Å². The SMILES string of the molecule is CC.CC.CCCCCC(CCC(C)C)C(C)C(C)C. The molecular weight excluding hydrogens is 240 g/mol. The normalized spacial score (nSPS) is 13.2. The Morgan fingerprint density at radius 2 is 1.15 bits per heavy atom. The van der Waals surface area contributed by atoms with Gasteiger partial charge in [0.1, 0.15) is 0 Å². The average molecular weight is 287 g/mol. The molecule has 0 radical (unpaired) electrons. The molecule has 2 atom stereocenters. The summed E-state index contributed by atoms with van der Waals surface area (Å²) >= 11 is 0. The summed E-state index contributed by atoms with van der Waals surface area (Å²) in [6.07, 6.45) is 8.53. The van der Waals surface area contributed by atoms with E-state index in [0.29, 0.717) is 0 Å². The van der Waals surface area contributed by atoms with Crippen molar-refractivity contribution in [1.82, 2.24) is 0 Å². The van der Waals surface area contributed by atoms with Crippen LogP contribution in [-0.4, -0.2) is 0 Å². The average Bonchev–Trinajstić information content (AvgIpc) is 2.46. The Labute approximate surface area is 132 Å². The molecule has 0 aromatic carbocycles. The molecule has 0 fully saturated rings. The summed E-state index contributed by atoms with van der Waals surface area (Å²) in [5.41, 5.74) is 0. The van der Waals surface area contributed by atoms with E-state index in [4.69, 9.17) is 0 Å². The van der Waals surface area contributed by atoms with Crippen molar-refractivity contribution in [2.24, 2.45) is 23.7 Å². The fraction of sp³-hybridized carbons (Fsp3) is 1.00. The summed E-state index contributed by atoms with van der Waals surface area (Å²) in [6.45, 7) is 22.2. The van der Waals surface area contributed by atoms with Gasteiger partial charge in [-0.2, -0.15) is 0 Å². The summed E-state index contributed by atoms with van der Waals surface area (Å²) in [4.78, 5) is 0. The minimum Gasteiger partial charge on any atom is -0.0683 e. The second-order valence-electron chi connectivity index (χ2n) is 6.33. The van der Waals surface area contributed by atoms with Gasteiger partial charge in [-0.15, -0.1) is 0 Å². The lowest BCUT2D eigenvalue weighted by atomic mass is 9.78. The van der Waals surface area contributed by atoms with Crippen molar-refractivity contribution in [2.45, 2.75) is 108 Å². The monoisotopic (exact) mass is 286 g/mol. The molecule has 0 aromatic heterocycles. The van der Waals surface area contributed by atoms with E-state index in [9.17, 15) is 0 Å². The predicted octanol–water partition coefficient (Wildman–Crippen LogP) is 7.96. The Hall–Kier alpha value is 0. The second kappa shape index (κ2) is 19.0. The molecule has 0 heterocycles. The van der Waals surface area contributed by atoms with Crippen molar-refractivity contribution >= 4 is 0 Å². The molecule has 0 aliphatic carbocycles. The highest BCUT2D eigenvalue weighted by atomic mass is 14.2. The van der Waals surface area contributed by atoms with Crippen LogP contribution in [0.1, 0.15) is 108 Å². The van der Waals surface area contributed by atoms with Gasteiger partial charge in [-0.3, -0.25) is 0 Å². The first kappa shape index (κ1) is 25.0. The second-order valence-corrected chi connectivity index (χ2v) is 6.33. The van der Waals surface area contributed by atoms with Gasteiger partial charge in [0.2, 0.25) is 0 Å². The Bertz CT molecular complexity index is 146. The van der Waals surface area contributed by atoms with Crippen molar-refractivity contribution in [3.63, 3.8) is 0 Å². The first-order chi connectivity index (χ1) is 9.49. The number of rotatable bonds is 9. The zero-order chi connectivity index (χ0) is 16.6. The number of hydrogen-bond acceptors (Lipinski definition) is 0. The van der Waals surface area contributed by atoms with Crippen LogP contribution in [0.15, 0.2) is 0 Å². The molecule has 0 bridgehead atoms. The zero-order valence-electron chi connectivity index (χ0n) is 16.6. The van der Waals surface area contributed by atoms with Crippen molar-refractivity contribution in [3.8, 4) is 0 Å². The Morgan fingerprint density at radius 3 is 1.50 bits per heavy atom. The molecule has 0 heteroatoms. The van der Waals surface area contributed by atoms with Gasteiger partial charge in [-0.05, 0) is 30.1 Å². The maximum absolute atomic E-state index is 2.46. The Balaban J connectivity index is -0.000000656. The van der Waals surface area contributed by atoms with Crippen molar-refractivity contribution in [3.05, 3.63) is 0 Å². The third-order valence-electron chi connectivity index (χ3n) is 4.09. The van der Waals surface area contributed by atoms with Crippen LogP contribution in [0.25, 0.3) is 0 Å². The van der Waals surface area contributed by atoms with E-state index >= 15 is 0 Å². The largest absolute Gasteiger partial charge is 0.0683 e. The molecule has 0 aromatic rings. The third-order valence-corrected chi connectivity index (χ3v) is 4.09. The fourth-order valence-electron chi connectivity index (χ4n) is 2.42. The van der Waals surface area contributed by atoms with E-state index in [1.807, 2.05) is 27.7 Å². The first-order valence-corrected chi connectivity index (χ1v) is 9.49.